The second kappa shape index (κ2) is 6.67. The van der Waals surface area contributed by atoms with Crippen LogP contribution in [-0.2, 0) is 6.54 Å². The average Bonchev–Trinajstić information content (AvgIpc) is 2.89. The first-order valence-corrected chi connectivity index (χ1v) is 6.72. The standard InChI is InChI=1S/C13H16ClFN4O/c1-3-16-8(2)12-18-19-13(20-12)17-7-9-4-5-11(15)10(14)6-9/h4-6,8,16H,3,7H2,1-2H3,(H,17,19). The summed E-state index contributed by atoms with van der Waals surface area (Å²) < 4.78 is 18.5. The normalized spacial score (nSPS) is 12.4. The van der Waals surface area contributed by atoms with Gasteiger partial charge < -0.3 is 15.1 Å². The van der Waals surface area contributed by atoms with Crippen molar-refractivity contribution in [2.75, 3.05) is 11.9 Å². The Kier molecular flexibility index (Phi) is 4.92. The van der Waals surface area contributed by atoms with Crippen molar-refractivity contribution in [2.45, 2.75) is 26.4 Å². The van der Waals surface area contributed by atoms with E-state index in [0.29, 0.717) is 18.5 Å². The van der Waals surface area contributed by atoms with Crippen LogP contribution in [-0.4, -0.2) is 16.7 Å². The molecule has 0 bridgehead atoms. The summed E-state index contributed by atoms with van der Waals surface area (Å²) in [5, 5.41) is 14.1. The van der Waals surface area contributed by atoms with Crippen LogP contribution in [0.25, 0.3) is 0 Å². The predicted octanol–water partition coefficient (Wildman–Crippen LogP) is 3.14. The molecule has 0 aliphatic heterocycles. The third-order valence-corrected chi connectivity index (χ3v) is 3.04. The zero-order chi connectivity index (χ0) is 14.5. The average molecular weight is 299 g/mol. The van der Waals surface area contributed by atoms with Crippen LogP contribution in [0.5, 0.6) is 0 Å². The molecule has 5 nitrogen and oxygen atoms in total. The van der Waals surface area contributed by atoms with Crippen molar-refractivity contribution < 1.29 is 8.81 Å². The third-order valence-electron chi connectivity index (χ3n) is 2.75. The molecule has 0 aliphatic carbocycles. The van der Waals surface area contributed by atoms with E-state index in [4.69, 9.17) is 16.0 Å². The molecule has 1 aromatic carbocycles. The van der Waals surface area contributed by atoms with Gasteiger partial charge in [0.15, 0.2) is 0 Å². The van der Waals surface area contributed by atoms with E-state index in [1.165, 1.54) is 6.07 Å². The molecule has 7 heteroatoms. The molecule has 2 rings (SSSR count). The molecule has 0 amide bonds. The fourth-order valence-electron chi connectivity index (χ4n) is 1.70. The van der Waals surface area contributed by atoms with E-state index in [2.05, 4.69) is 20.8 Å². The first-order valence-electron chi connectivity index (χ1n) is 6.34. The summed E-state index contributed by atoms with van der Waals surface area (Å²) in [5.74, 6) is 0.0847. The Labute approximate surface area is 121 Å². The van der Waals surface area contributed by atoms with Gasteiger partial charge >= 0.3 is 6.01 Å². The minimum Gasteiger partial charge on any atom is -0.406 e. The fraction of sp³-hybridized carbons (Fsp3) is 0.385. The number of rotatable bonds is 6. The van der Waals surface area contributed by atoms with Crippen LogP contribution in [0.2, 0.25) is 5.02 Å². The molecule has 20 heavy (non-hydrogen) atoms. The van der Waals surface area contributed by atoms with E-state index in [0.717, 1.165) is 12.1 Å². The zero-order valence-electron chi connectivity index (χ0n) is 11.3. The van der Waals surface area contributed by atoms with Gasteiger partial charge in [0.1, 0.15) is 5.82 Å². The molecular weight excluding hydrogens is 283 g/mol. The molecular formula is C13H16ClFN4O. The predicted molar refractivity (Wildman–Crippen MR) is 75.1 cm³/mol. The lowest BCUT2D eigenvalue weighted by Gasteiger charge is -2.06. The lowest BCUT2D eigenvalue weighted by atomic mass is 10.2. The minimum absolute atomic E-state index is 0.00307. The van der Waals surface area contributed by atoms with Crippen molar-refractivity contribution in [3.63, 3.8) is 0 Å². The van der Waals surface area contributed by atoms with E-state index < -0.39 is 5.82 Å². The summed E-state index contributed by atoms with van der Waals surface area (Å²) in [7, 11) is 0. The highest BCUT2D eigenvalue weighted by molar-refractivity contribution is 6.30. The second-order valence-electron chi connectivity index (χ2n) is 4.33. The SMILES string of the molecule is CCNC(C)c1nnc(NCc2ccc(F)c(Cl)c2)o1. The molecule has 0 aliphatic rings. The van der Waals surface area contributed by atoms with Crippen molar-refractivity contribution in [1.29, 1.82) is 0 Å². The van der Waals surface area contributed by atoms with E-state index in [1.54, 1.807) is 12.1 Å². The summed E-state index contributed by atoms with van der Waals surface area (Å²) in [6.45, 7) is 5.20. The third kappa shape index (κ3) is 3.68. The molecule has 0 saturated carbocycles. The molecule has 1 unspecified atom stereocenters. The number of aromatic nitrogens is 2. The van der Waals surface area contributed by atoms with E-state index in [9.17, 15) is 4.39 Å². The molecule has 0 saturated heterocycles. The molecule has 1 heterocycles. The number of nitrogens with zero attached hydrogens (tertiary/aromatic N) is 2. The highest BCUT2D eigenvalue weighted by Crippen LogP contribution is 2.18. The summed E-state index contributed by atoms with van der Waals surface area (Å²) in [4.78, 5) is 0. The molecule has 108 valence electrons. The maximum atomic E-state index is 13.0. The van der Waals surface area contributed by atoms with Gasteiger partial charge in [-0.25, -0.2) is 4.39 Å². The largest absolute Gasteiger partial charge is 0.406 e. The Morgan fingerprint density at radius 2 is 2.20 bits per heavy atom. The summed E-state index contributed by atoms with van der Waals surface area (Å²) in [5.41, 5.74) is 0.830. The van der Waals surface area contributed by atoms with Crippen molar-refractivity contribution in [2.24, 2.45) is 0 Å². The van der Waals surface area contributed by atoms with Gasteiger partial charge in [-0.05, 0) is 31.2 Å². The van der Waals surface area contributed by atoms with Crippen LogP contribution >= 0.6 is 11.6 Å². The molecule has 1 atom stereocenters. The number of benzene rings is 1. The van der Waals surface area contributed by atoms with Crippen molar-refractivity contribution in [3.05, 3.63) is 40.5 Å². The van der Waals surface area contributed by atoms with Crippen LogP contribution in [0.1, 0.15) is 31.3 Å². The monoisotopic (exact) mass is 298 g/mol. The van der Waals surface area contributed by atoms with Gasteiger partial charge in [0.05, 0.1) is 11.1 Å². The summed E-state index contributed by atoms with van der Waals surface area (Å²) in [6.07, 6.45) is 0. The highest BCUT2D eigenvalue weighted by atomic mass is 35.5. The molecule has 1 aromatic heterocycles. The van der Waals surface area contributed by atoms with Crippen molar-refractivity contribution >= 4 is 17.6 Å². The maximum absolute atomic E-state index is 13.0. The zero-order valence-corrected chi connectivity index (χ0v) is 12.0. The second-order valence-corrected chi connectivity index (χ2v) is 4.73. The minimum atomic E-state index is -0.435. The Hall–Kier alpha value is -1.66. The van der Waals surface area contributed by atoms with Crippen LogP contribution in [0.15, 0.2) is 22.6 Å². The van der Waals surface area contributed by atoms with E-state index >= 15 is 0 Å². The lowest BCUT2D eigenvalue weighted by Crippen LogP contribution is -2.17. The van der Waals surface area contributed by atoms with Crippen molar-refractivity contribution in [1.82, 2.24) is 15.5 Å². The molecule has 0 fully saturated rings. The summed E-state index contributed by atoms with van der Waals surface area (Å²) in [6, 6.07) is 4.86. The first kappa shape index (κ1) is 14.7. The Balaban J connectivity index is 1.95. The van der Waals surface area contributed by atoms with Gasteiger partial charge in [0, 0.05) is 6.54 Å². The van der Waals surface area contributed by atoms with Gasteiger partial charge in [-0.1, -0.05) is 29.7 Å². The Bertz CT molecular complexity index is 575. The van der Waals surface area contributed by atoms with Crippen LogP contribution < -0.4 is 10.6 Å². The quantitative estimate of drug-likeness (QED) is 0.858. The van der Waals surface area contributed by atoms with Gasteiger partial charge in [-0.15, -0.1) is 5.10 Å². The number of hydrogen-bond acceptors (Lipinski definition) is 5. The van der Waals surface area contributed by atoms with Gasteiger partial charge in [0.25, 0.3) is 0 Å². The number of anilines is 1. The van der Waals surface area contributed by atoms with E-state index in [1.807, 2.05) is 13.8 Å². The maximum Gasteiger partial charge on any atom is 0.315 e. The Morgan fingerprint density at radius 1 is 1.40 bits per heavy atom. The number of halogens is 2. The molecule has 0 spiro atoms. The topological polar surface area (TPSA) is 63.0 Å². The highest BCUT2D eigenvalue weighted by Gasteiger charge is 2.12. The Morgan fingerprint density at radius 3 is 2.90 bits per heavy atom. The molecule has 2 N–H and O–H groups in total. The fourth-order valence-corrected chi connectivity index (χ4v) is 1.90. The van der Waals surface area contributed by atoms with Crippen LogP contribution in [0.4, 0.5) is 10.4 Å². The van der Waals surface area contributed by atoms with Crippen LogP contribution in [0, 0.1) is 5.82 Å². The van der Waals surface area contributed by atoms with Gasteiger partial charge in [0.2, 0.25) is 5.89 Å². The van der Waals surface area contributed by atoms with Gasteiger partial charge in [-0.3, -0.25) is 0 Å². The number of nitrogens with one attached hydrogen (secondary N) is 2. The van der Waals surface area contributed by atoms with E-state index in [-0.39, 0.29) is 11.1 Å². The van der Waals surface area contributed by atoms with Crippen LogP contribution in [0.3, 0.4) is 0 Å². The lowest BCUT2D eigenvalue weighted by molar-refractivity contribution is 0.428. The van der Waals surface area contributed by atoms with Gasteiger partial charge in [-0.2, -0.15) is 0 Å². The first-order chi connectivity index (χ1) is 9.60. The number of hydrogen-bond donors (Lipinski definition) is 2. The summed E-state index contributed by atoms with van der Waals surface area (Å²) >= 11 is 5.71. The molecule has 2 aromatic rings. The molecule has 0 radical (unpaired) electrons. The van der Waals surface area contributed by atoms with Crippen molar-refractivity contribution in [3.8, 4) is 0 Å². The smallest absolute Gasteiger partial charge is 0.315 e.